The zero-order valence-corrected chi connectivity index (χ0v) is 5.59. The van der Waals surface area contributed by atoms with E-state index >= 15 is 0 Å². The number of hydrogen-bond donors (Lipinski definition) is 2. The van der Waals surface area contributed by atoms with Gasteiger partial charge in [0.1, 0.15) is 0 Å². The highest BCUT2D eigenvalue weighted by Crippen LogP contribution is 2.01. The molecule has 2 atom stereocenters. The van der Waals surface area contributed by atoms with Crippen molar-refractivity contribution in [2.45, 2.75) is 26.3 Å². The molecular weight excluding hydrogens is 102 g/mol. The van der Waals surface area contributed by atoms with Gasteiger partial charge in [-0.05, 0) is 19.3 Å². The van der Waals surface area contributed by atoms with E-state index in [1.54, 1.807) is 0 Å². The fraction of sp³-hybridized carbons (Fsp3) is 1.00. The zero-order valence-electron chi connectivity index (χ0n) is 5.59. The van der Waals surface area contributed by atoms with Gasteiger partial charge in [-0.15, -0.1) is 0 Å². The lowest BCUT2D eigenvalue weighted by molar-refractivity contribution is 0.225. The van der Waals surface area contributed by atoms with Gasteiger partial charge in [0.25, 0.3) is 0 Å². The predicted molar refractivity (Wildman–Crippen MR) is 34.5 cm³/mol. The molecule has 2 unspecified atom stereocenters. The molecule has 0 spiro atoms. The van der Waals surface area contributed by atoms with Crippen LogP contribution in [0.2, 0.25) is 0 Å². The van der Waals surface area contributed by atoms with Crippen molar-refractivity contribution in [3.05, 3.63) is 0 Å². The third-order valence-electron chi connectivity index (χ3n) is 1.09. The summed E-state index contributed by atoms with van der Waals surface area (Å²) in [4.78, 5) is 0. The molecule has 0 rings (SSSR count). The van der Waals surface area contributed by atoms with E-state index in [9.17, 15) is 0 Å². The summed E-state index contributed by atoms with van der Waals surface area (Å²) in [5, 5.41) is 8.53. The van der Waals surface area contributed by atoms with Crippen molar-refractivity contribution in [1.82, 2.24) is 0 Å². The lowest BCUT2D eigenvalue weighted by atomic mass is 10.1. The Morgan fingerprint density at radius 2 is 2.00 bits per heavy atom. The molecule has 0 amide bonds. The van der Waals surface area contributed by atoms with Gasteiger partial charge >= 0.3 is 0 Å². The Morgan fingerprint density at radius 1 is 1.50 bits per heavy atom. The Bertz CT molecular complexity index is 54.5. The van der Waals surface area contributed by atoms with Crippen molar-refractivity contribution in [3.63, 3.8) is 0 Å². The van der Waals surface area contributed by atoms with Crippen LogP contribution in [0.25, 0.3) is 0 Å². The summed E-state index contributed by atoms with van der Waals surface area (Å²) in [6.07, 6.45) is 0.913. The van der Waals surface area contributed by atoms with Gasteiger partial charge < -0.3 is 10.8 Å². The minimum atomic E-state index is 0.220. The maximum absolute atomic E-state index is 8.53. The number of hydrogen-bond acceptors (Lipinski definition) is 2. The van der Waals surface area contributed by atoms with Crippen LogP contribution >= 0.6 is 0 Å². The number of aliphatic hydroxyl groups excluding tert-OH is 1. The second-order valence-electron chi connectivity index (χ2n) is 2.50. The van der Waals surface area contributed by atoms with Crippen LogP contribution in [-0.2, 0) is 0 Å². The van der Waals surface area contributed by atoms with E-state index in [2.05, 4.69) is 0 Å². The molecule has 0 aliphatic carbocycles. The van der Waals surface area contributed by atoms with Crippen LogP contribution in [-0.4, -0.2) is 17.8 Å². The molecule has 0 aromatic rings. The first-order valence-electron chi connectivity index (χ1n) is 3.03. The molecule has 0 radical (unpaired) electrons. The van der Waals surface area contributed by atoms with Crippen molar-refractivity contribution >= 4 is 0 Å². The first-order chi connectivity index (χ1) is 3.66. The molecule has 0 aliphatic rings. The molecule has 2 heteroatoms. The third kappa shape index (κ3) is 4.09. The van der Waals surface area contributed by atoms with Gasteiger partial charge in [-0.25, -0.2) is 0 Å². The topological polar surface area (TPSA) is 46.2 Å². The van der Waals surface area contributed by atoms with Gasteiger partial charge in [-0.1, -0.05) is 6.92 Å². The van der Waals surface area contributed by atoms with E-state index < -0.39 is 0 Å². The highest BCUT2D eigenvalue weighted by molar-refractivity contribution is 4.58. The third-order valence-corrected chi connectivity index (χ3v) is 1.09. The largest absolute Gasteiger partial charge is 0.396 e. The molecule has 0 aromatic heterocycles. The Labute approximate surface area is 50.7 Å². The Hall–Kier alpha value is -0.0800. The molecule has 0 aliphatic heterocycles. The van der Waals surface area contributed by atoms with Crippen molar-refractivity contribution in [1.29, 1.82) is 0 Å². The second-order valence-corrected chi connectivity index (χ2v) is 2.50. The Morgan fingerprint density at radius 3 is 2.12 bits per heavy atom. The van der Waals surface area contributed by atoms with Crippen LogP contribution < -0.4 is 5.73 Å². The number of nitrogens with two attached hydrogens (primary N) is 1. The first kappa shape index (κ1) is 7.92. The summed E-state index contributed by atoms with van der Waals surface area (Å²) in [6, 6.07) is 0.220. The van der Waals surface area contributed by atoms with Gasteiger partial charge in [0.05, 0.1) is 0 Å². The molecule has 0 bridgehead atoms. The standard InChI is InChI=1S/C6H15NO/c1-5(4-8)3-6(2)7/h5-6,8H,3-4,7H2,1-2H3. The molecule has 0 fully saturated rings. The highest BCUT2D eigenvalue weighted by Gasteiger charge is 2.01. The van der Waals surface area contributed by atoms with Gasteiger partial charge in [-0.2, -0.15) is 0 Å². The molecule has 3 N–H and O–H groups in total. The number of aliphatic hydroxyl groups is 1. The van der Waals surface area contributed by atoms with Crippen molar-refractivity contribution in [2.75, 3.05) is 6.61 Å². The van der Waals surface area contributed by atoms with Crippen LogP contribution in [0.4, 0.5) is 0 Å². The SMILES string of the molecule is CC(N)CC(C)CO. The normalized spacial score (nSPS) is 18.0. The first-order valence-corrected chi connectivity index (χ1v) is 3.03. The van der Waals surface area contributed by atoms with Crippen LogP contribution in [0, 0.1) is 5.92 Å². The molecule has 8 heavy (non-hydrogen) atoms. The van der Waals surface area contributed by atoms with Crippen LogP contribution in [0.15, 0.2) is 0 Å². The fourth-order valence-electron chi connectivity index (χ4n) is 0.709. The van der Waals surface area contributed by atoms with E-state index in [0.717, 1.165) is 6.42 Å². The van der Waals surface area contributed by atoms with Gasteiger partial charge in [-0.3, -0.25) is 0 Å². The minimum Gasteiger partial charge on any atom is -0.396 e. The molecule has 50 valence electrons. The number of rotatable bonds is 3. The highest BCUT2D eigenvalue weighted by atomic mass is 16.3. The molecule has 0 saturated carbocycles. The smallest absolute Gasteiger partial charge is 0.0457 e. The molecule has 2 nitrogen and oxygen atoms in total. The predicted octanol–water partition coefficient (Wildman–Crippen LogP) is 0.352. The lowest BCUT2D eigenvalue weighted by Gasteiger charge is -2.09. The van der Waals surface area contributed by atoms with E-state index in [4.69, 9.17) is 10.8 Å². The van der Waals surface area contributed by atoms with Gasteiger partial charge in [0.2, 0.25) is 0 Å². The van der Waals surface area contributed by atoms with Gasteiger partial charge in [0.15, 0.2) is 0 Å². The summed E-state index contributed by atoms with van der Waals surface area (Å²) in [7, 11) is 0. The monoisotopic (exact) mass is 117 g/mol. The lowest BCUT2D eigenvalue weighted by Crippen LogP contribution is -2.19. The summed E-state index contributed by atoms with van der Waals surface area (Å²) >= 11 is 0. The van der Waals surface area contributed by atoms with E-state index in [-0.39, 0.29) is 12.6 Å². The summed E-state index contributed by atoms with van der Waals surface area (Å²) in [6.45, 7) is 4.19. The fourth-order valence-corrected chi connectivity index (χ4v) is 0.709. The molecule has 0 aromatic carbocycles. The van der Waals surface area contributed by atoms with E-state index in [0.29, 0.717) is 5.92 Å². The quantitative estimate of drug-likeness (QED) is 0.560. The van der Waals surface area contributed by atoms with Crippen LogP contribution in [0.5, 0.6) is 0 Å². The maximum Gasteiger partial charge on any atom is 0.0457 e. The van der Waals surface area contributed by atoms with Gasteiger partial charge in [0, 0.05) is 12.6 Å². The van der Waals surface area contributed by atoms with Crippen molar-refractivity contribution in [3.8, 4) is 0 Å². The average molecular weight is 117 g/mol. The Balaban J connectivity index is 3.10. The maximum atomic E-state index is 8.53. The molecular formula is C6H15NO. The Kier molecular flexibility index (Phi) is 3.83. The summed E-state index contributed by atoms with van der Waals surface area (Å²) in [5.74, 6) is 0.356. The van der Waals surface area contributed by atoms with Crippen LogP contribution in [0.3, 0.4) is 0 Å². The second kappa shape index (κ2) is 3.87. The van der Waals surface area contributed by atoms with Crippen LogP contribution in [0.1, 0.15) is 20.3 Å². The molecule has 0 heterocycles. The summed E-state index contributed by atoms with van der Waals surface area (Å²) in [5.41, 5.74) is 5.46. The van der Waals surface area contributed by atoms with E-state index in [1.807, 2.05) is 13.8 Å². The zero-order chi connectivity index (χ0) is 6.57. The molecule has 0 saturated heterocycles. The minimum absolute atomic E-state index is 0.220. The summed E-state index contributed by atoms with van der Waals surface area (Å²) < 4.78 is 0. The van der Waals surface area contributed by atoms with Crippen molar-refractivity contribution < 1.29 is 5.11 Å². The van der Waals surface area contributed by atoms with E-state index in [1.165, 1.54) is 0 Å². The van der Waals surface area contributed by atoms with Crippen molar-refractivity contribution in [2.24, 2.45) is 11.7 Å². The average Bonchev–Trinajstić information content (AvgIpc) is 1.65.